The predicted molar refractivity (Wildman–Crippen MR) is 91.7 cm³/mol. The quantitative estimate of drug-likeness (QED) is 0.386. The van der Waals surface area contributed by atoms with Crippen molar-refractivity contribution in [2.45, 2.75) is 26.3 Å². The molecule has 7 heteroatoms. The first-order chi connectivity index (χ1) is 10.6. The third-order valence-corrected chi connectivity index (χ3v) is 2.85. The highest BCUT2D eigenvalue weighted by Crippen LogP contribution is 2.22. The number of benzene rings is 1. The Labute approximate surface area is 136 Å². The van der Waals surface area contributed by atoms with Crippen LogP contribution in [0.5, 0.6) is 11.5 Å². The van der Waals surface area contributed by atoms with E-state index in [-0.39, 0.29) is 11.8 Å². The molecule has 0 spiro atoms. The van der Waals surface area contributed by atoms with Crippen molar-refractivity contribution < 1.29 is 14.6 Å². The monoisotopic (exact) mass is 325 g/mol. The van der Waals surface area contributed by atoms with Crippen molar-refractivity contribution in [3.8, 4) is 11.5 Å². The number of nitrogens with one attached hydrogen (secondary N) is 2. The van der Waals surface area contributed by atoms with Gasteiger partial charge in [-0.3, -0.25) is 5.43 Å². The number of methoxy groups -OCH3 is 1. The Morgan fingerprint density at radius 3 is 2.91 bits per heavy atom. The Bertz CT molecular complexity index is 509. The minimum atomic E-state index is 0.0867. The van der Waals surface area contributed by atoms with Crippen LogP contribution in [0, 0.1) is 0 Å². The van der Waals surface area contributed by atoms with Gasteiger partial charge in [-0.1, -0.05) is 6.92 Å². The van der Waals surface area contributed by atoms with E-state index in [1.807, 2.05) is 13.8 Å². The van der Waals surface area contributed by atoms with Crippen LogP contribution in [0.2, 0.25) is 0 Å². The summed E-state index contributed by atoms with van der Waals surface area (Å²) < 4.78 is 10.4. The highest BCUT2D eigenvalue weighted by atomic mass is 32.1. The lowest BCUT2D eigenvalue weighted by Crippen LogP contribution is -2.40. The Morgan fingerprint density at radius 1 is 1.50 bits per heavy atom. The Hall–Kier alpha value is -1.86. The summed E-state index contributed by atoms with van der Waals surface area (Å²) in [5, 5.41) is 17.3. The molecule has 3 N–H and O–H groups in total. The first-order valence-electron chi connectivity index (χ1n) is 7.11. The van der Waals surface area contributed by atoms with Crippen molar-refractivity contribution in [1.29, 1.82) is 0 Å². The number of hydrogen-bond acceptors (Lipinski definition) is 5. The van der Waals surface area contributed by atoms with Gasteiger partial charge in [0.05, 0.1) is 19.4 Å². The minimum Gasteiger partial charge on any atom is -0.507 e. The van der Waals surface area contributed by atoms with E-state index in [4.69, 9.17) is 21.7 Å². The molecule has 6 nitrogen and oxygen atoms in total. The Balaban J connectivity index is 2.50. The largest absolute Gasteiger partial charge is 0.507 e. The lowest BCUT2D eigenvalue weighted by Gasteiger charge is -2.13. The topological polar surface area (TPSA) is 75.1 Å². The average molecular weight is 325 g/mol. The molecule has 0 aliphatic carbocycles. The Kier molecular flexibility index (Phi) is 8.24. The van der Waals surface area contributed by atoms with Crippen LogP contribution in [0.15, 0.2) is 23.3 Å². The number of rotatable bonds is 8. The second-order valence-electron chi connectivity index (χ2n) is 4.77. The van der Waals surface area contributed by atoms with Gasteiger partial charge in [0, 0.05) is 24.8 Å². The molecule has 0 bridgehead atoms. The van der Waals surface area contributed by atoms with Gasteiger partial charge < -0.3 is 19.9 Å². The molecule has 0 aliphatic heterocycles. The molecule has 22 heavy (non-hydrogen) atoms. The van der Waals surface area contributed by atoms with E-state index in [0.29, 0.717) is 29.6 Å². The van der Waals surface area contributed by atoms with Gasteiger partial charge in [-0.05, 0) is 37.7 Å². The highest BCUT2D eigenvalue weighted by molar-refractivity contribution is 7.80. The van der Waals surface area contributed by atoms with E-state index in [2.05, 4.69) is 15.8 Å². The maximum absolute atomic E-state index is 9.91. The van der Waals surface area contributed by atoms with Gasteiger partial charge in [0.1, 0.15) is 11.5 Å². The summed E-state index contributed by atoms with van der Waals surface area (Å²) in [5.41, 5.74) is 3.26. The molecule has 0 unspecified atom stereocenters. The van der Waals surface area contributed by atoms with Crippen molar-refractivity contribution in [1.82, 2.24) is 10.7 Å². The number of hydrogen-bond donors (Lipinski definition) is 3. The molecule has 1 aromatic rings. The maximum atomic E-state index is 9.91. The van der Waals surface area contributed by atoms with Gasteiger partial charge in [-0.2, -0.15) is 5.10 Å². The van der Waals surface area contributed by atoms with Crippen LogP contribution in [-0.2, 0) is 4.74 Å². The van der Waals surface area contributed by atoms with Crippen molar-refractivity contribution in [2.75, 3.05) is 20.3 Å². The third-order valence-electron chi connectivity index (χ3n) is 2.64. The first-order valence-corrected chi connectivity index (χ1v) is 7.52. The zero-order valence-corrected chi connectivity index (χ0v) is 13.9. The molecule has 0 aromatic heterocycles. The van der Waals surface area contributed by atoms with E-state index in [9.17, 15) is 5.11 Å². The van der Waals surface area contributed by atoms with Gasteiger partial charge in [0.15, 0.2) is 5.11 Å². The number of phenols is 1. The molecular weight excluding hydrogens is 302 g/mol. The second kappa shape index (κ2) is 9.97. The van der Waals surface area contributed by atoms with Crippen LogP contribution >= 0.6 is 12.2 Å². The number of aromatic hydroxyl groups is 1. The van der Waals surface area contributed by atoms with Crippen molar-refractivity contribution in [3.05, 3.63) is 23.8 Å². The molecule has 0 fully saturated rings. The van der Waals surface area contributed by atoms with E-state index < -0.39 is 0 Å². The number of phenolic OH excluding ortho intramolecular Hbond substituents is 1. The van der Waals surface area contributed by atoms with Crippen LogP contribution in [0.4, 0.5) is 0 Å². The minimum absolute atomic E-state index is 0.0867. The van der Waals surface area contributed by atoms with Gasteiger partial charge in [0.25, 0.3) is 0 Å². The predicted octanol–water partition coefficient (Wildman–Crippen LogP) is 2.01. The van der Waals surface area contributed by atoms with Gasteiger partial charge in [-0.15, -0.1) is 0 Å². The molecule has 1 atom stereocenters. The lowest BCUT2D eigenvalue weighted by atomic mass is 10.2. The van der Waals surface area contributed by atoms with Gasteiger partial charge in [0.2, 0.25) is 0 Å². The zero-order valence-electron chi connectivity index (χ0n) is 13.1. The fraction of sp³-hybridized carbons (Fsp3) is 0.467. The summed E-state index contributed by atoms with van der Waals surface area (Å²) in [7, 11) is 1.63. The van der Waals surface area contributed by atoms with Gasteiger partial charge >= 0.3 is 0 Å². The summed E-state index contributed by atoms with van der Waals surface area (Å²) in [6.07, 6.45) is 2.41. The molecule has 1 aromatic carbocycles. The normalized spacial score (nSPS) is 12.1. The fourth-order valence-electron chi connectivity index (χ4n) is 1.65. The summed E-state index contributed by atoms with van der Waals surface area (Å²) in [6, 6.07) is 5.17. The summed E-state index contributed by atoms with van der Waals surface area (Å²) in [4.78, 5) is 0. The molecule has 0 amide bonds. The van der Waals surface area contributed by atoms with Crippen LogP contribution < -0.4 is 15.5 Å². The number of thiocarbonyl (C=S) groups is 1. The molecule has 0 radical (unpaired) electrons. The average Bonchev–Trinajstić information content (AvgIpc) is 2.47. The van der Waals surface area contributed by atoms with E-state index >= 15 is 0 Å². The fourth-order valence-corrected chi connectivity index (χ4v) is 1.90. The number of hydrazone groups is 1. The number of ether oxygens (including phenoxy) is 2. The summed E-state index contributed by atoms with van der Waals surface area (Å²) in [6.45, 7) is 5.14. The molecular formula is C15H23N3O3S. The van der Waals surface area contributed by atoms with Gasteiger partial charge in [-0.25, -0.2) is 0 Å². The summed E-state index contributed by atoms with van der Waals surface area (Å²) >= 11 is 5.09. The molecule has 0 heterocycles. The molecule has 1 rings (SSSR count). The molecule has 122 valence electrons. The van der Waals surface area contributed by atoms with Crippen LogP contribution in [0.3, 0.4) is 0 Å². The van der Waals surface area contributed by atoms with Crippen molar-refractivity contribution in [2.24, 2.45) is 5.10 Å². The molecule has 0 saturated carbocycles. The van der Waals surface area contributed by atoms with Crippen LogP contribution in [0.25, 0.3) is 0 Å². The van der Waals surface area contributed by atoms with E-state index in [1.165, 1.54) is 6.21 Å². The van der Waals surface area contributed by atoms with Crippen LogP contribution in [-0.4, -0.2) is 42.8 Å². The standard InChI is InChI=1S/C15H23N3O3S/c1-4-7-21-13-6-5-12(14(19)8-13)9-16-18-15(22)17-11(2)10-20-3/h5-6,8-9,11,19H,4,7,10H2,1-3H3,(H2,17,18,22)/b16-9+/t11-/m0/s1. The summed E-state index contributed by atoms with van der Waals surface area (Å²) in [5.74, 6) is 0.737. The smallest absolute Gasteiger partial charge is 0.187 e. The second-order valence-corrected chi connectivity index (χ2v) is 5.18. The van der Waals surface area contributed by atoms with E-state index in [1.54, 1.807) is 25.3 Å². The lowest BCUT2D eigenvalue weighted by molar-refractivity contribution is 0.179. The van der Waals surface area contributed by atoms with Crippen LogP contribution in [0.1, 0.15) is 25.8 Å². The maximum Gasteiger partial charge on any atom is 0.187 e. The third kappa shape index (κ3) is 6.73. The number of nitrogens with zero attached hydrogens (tertiary/aromatic N) is 1. The highest BCUT2D eigenvalue weighted by Gasteiger charge is 2.03. The van der Waals surface area contributed by atoms with Crippen molar-refractivity contribution >= 4 is 23.5 Å². The SMILES string of the molecule is CCCOc1ccc(/C=N/NC(=S)N[C@@H](C)COC)c(O)c1. The van der Waals surface area contributed by atoms with Crippen molar-refractivity contribution in [3.63, 3.8) is 0 Å². The molecule has 0 aliphatic rings. The van der Waals surface area contributed by atoms with E-state index in [0.717, 1.165) is 6.42 Å². The Morgan fingerprint density at radius 2 is 2.27 bits per heavy atom. The zero-order chi connectivity index (χ0) is 16.4. The first kappa shape index (κ1) is 18.2. The molecule has 0 saturated heterocycles.